The third-order valence-electron chi connectivity index (χ3n) is 4.46. The van der Waals surface area contributed by atoms with Crippen molar-refractivity contribution in [2.24, 2.45) is 0 Å². The predicted molar refractivity (Wildman–Crippen MR) is 102 cm³/mol. The summed E-state index contributed by atoms with van der Waals surface area (Å²) in [6.45, 7) is 2.23. The molecule has 6 heteroatoms. The molecule has 0 saturated carbocycles. The van der Waals surface area contributed by atoms with Crippen molar-refractivity contribution in [2.45, 2.75) is 103 Å². The van der Waals surface area contributed by atoms with Crippen LogP contribution in [0.1, 0.15) is 96.8 Å². The van der Waals surface area contributed by atoms with Crippen LogP contribution in [0.5, 0.6) is 0 Å². The van der Waals surface area contributed by atoms with Gasteiger partial charge in [0.1, 0.15) is 6.04 Å². The van der Waals surface area contributed by atoms with E-state index in [1.54, 1.807) is 0 Å². The molecule has 0 spiro atoms. The summed E-state index contributed by atoms with van der Waals surface area (Å²) in [7, 11) is 1.18. The van der Waals surface area contributed by atoms with E-state index in [9.17, 15) is 14.4 Å². The number of carboxylic acid groups (broad SMARTS) is 1. The molecular weight excluding hydrogens is 334 g/mol. The minimum absolute atomic E-state index is 0.297. The van der Waals surface area contributed by atoms with E-state index in [-0.39, 0.29) is 5.91 Å². The second kappa shape index (κ2) is 16.9. The lowest BCUT2D eigenvalue weighted by Crippen LogP contribution is -2.42. The molecule has 0 aliphatic heterocycles. The van der Waals surface area contributed by atoms with Gasteiger partial charge in [0.05, 0.1) is 13.5 Å². The average molecular weight is 372 g/mol. The van der Waals surface area contributed by atoms with Gasteiger partial charge in [0, 0.05) is 6.42 Å². The van der Waals surface area contributed by atoms with Crippen LogP contribution in [0, 0.1) is 0 Å². The Bertz CT molecular complexity index is 398. The van der Waals surface area contributed by atoms with Gasteiger partial charge >= 0.3 is 11.9 Å². The lowest BCUT2D eigenvalue weighted by Gasteiger charge is -2.14. The third kappa shape index (κ3) is 14.7. The van der Waals surface area contributed by atoms with Crippen LogP contribution in [0.4, 0.5) is 0 Å². The highest BCUT2D eigenvalue weighted by atomic mass is 16.5. The largest absolute Gasteiger partial charge is 0.481 e. The molecule has 1 amide bonds. The van der Waals surface area contributed by atoms with Gasteiger partial charge in [-0.15, -0.1) is 0 Å². The molecule has 0 radical (unpaired) electrons. The fraction of sp³-hybridized carbons (Fsp3) is 0.850. The van der Waals surface area contributed by atoms with E-state index < -0.39 is 24.4 Å². The zero-order valence-electron chi connectivity index (χ0n) is 16.6. The van der Waals surface area contributed by atoms with Gasteiger partial charge in [-0.1, -0.05) is 77.6 Å². The second-order valence-corrected chi connectivity index (χ2v) is 6.88. The number of esters is 1. The number of nitrogens with one attached hydrogen (secondary N) is 1. The molecule has 0 rings (SSSR count). The molecular formula is C20H37NO5. The number of carboxylic acids is 1. The molecule has 6 nitrogen and oxygen atoms in total. The average Bonchev–Trinajstić information content (AvgIpc) is 2.61. The van der Waals surface area contributed by atoms with Crippen molar-refractivity contribution in [3.63, 3.8) is 0 Å². The molecule has 1 atom stereocenters. The van der Waals surface area contributed by atoms with Gasteiger partial charge in [-0.3, -0.25) is 9.59 Å². The summed E-state index contributed by atoms with van der Waals surface area (Å²) in [5, 5.41) is 11.2. The Morgan fingerprint density at radius 2 is 1.31 bits per heavy atom. The molecule has 0 aromatic heterocycles. The van der Waals surface area contributed by atoms with Crippen molar-refractivity contribution in [1.29, 1.82) is 0 Å². The van der Waals surface area contributed by atoms with Crippen molar-refractivity contribution < 1.29 is 24.2 Å². The van der Waals surface area contributed by atoms with E-state index in [2.05, 4.69) is 17.0 Å². The van der Waals surface area contributed by atoms with Crippen molar-refractivity contribution in [1.82, 2.24) is 5.32 Å². The van der Waals surface area contributed by atoms with E-state index >= 15 is 0 Å². The maximum Gasteiger partial charge on any atom is 0.328 e. The van der Waals surface area contributed by atoms with Gasteiger partial charge in [-0.2, -0.15) is 0 Å². The summed E-state index contributed by atoms with van der Waals surface area (Å²) in [6.07, 6.45) is 14.5. The molecule has 0 saturated heterocycles. The monoisotopic (exact) mass is 371 g/mol. The molecule has 0 aliphatic rings. The normalized spacial score (nSPS) is 11.8. The number of carbonyl (C=O) groups is 3. The van der Waals surface area contributed by atoms with Gasteiger partial charge < -0.3 is 15.2 Å². The quantitative estimate of drug-likeness (QED) is 0.295. The number of carbonyl (C=O) groups excluding carboxylic acids is 2. The van der Waals surface area contributed by atoms with E-state index in [1.165, 1.54) is 64.9 Å². The van der Waals surface area contributed by atoms with Gasteiger partial charge in [0.2, 0.25) is 5.91 Å². The van der Waals surface area contributed by atoms with Gasteiger partial charge in [-0.05, 0) is 6.42 Å². The fourth-order valence-corrected chi connectivity index (χ4v) is 2.90. The standard InChI is InChI=1S/C20H37NO5/c1-3-4-5-6-7-8-9-10-11-12-13-14-15-18(22)21-17(16-19(23)24)20(25)26-2/h17H,3-16H2,1-2H3,(H,21,22)(H,23,24). The van der Waals surface area contributed by atoms with Crippen LogP contribution in [0.15, 0.2) is 0 Å². The lowest BCUT2D eigenvalue weighted by atomic mass is 10.0. The van der Waals surface area contributed by atoms with Crippen molar-refractivity contribution >= 4 is 17.8 Å². The van der Waals surface area contributed by atoms with Crippen molar-refractivity contribution in [3.05, 3.63) is 0 Å². The fourth-order valence-electron chi connectivity index (χ4n) is 2.90. The van der Waals surface area contributed by atoms with E-state index in [0.717, 1.165) is 19.3 Å². The van der Waals surface area contributed by atoms with Gasteiger partial charge in [0.15, 0.2) is 0 Å². The Balaban J connectivity index is 3.60. The first kappa shape index (κ1) is 24.4. The van der Waals surface area contributed by atoms with Gasteiger partial charge in [-0.25, -0.2) is 4.79 Å². The number of aliphatic carboxylic acids is 1. The Morgan fingerprint density at radius 3 is 1.73 bits per heavy atom. The SMILES string of the molecule is CCCCCCCCCCCCCCC(=O)NC(CC(=O)O)C(=O)OC. The third-order valence-corrected chi connectivity index (χ3v) is 4.46. The van der Waals surface area contributed by atoms with Crippen LogP contribution in [-0.4, -0.2) is 36.1 Å². The minimum atomic E-state index is -1.15. The molecule has 0 bridgehead atoms. The number of hydrogen-bond acceptors (Lipinski definition) is 4. The molecule has 1 unspecified atom stereocenters. The zero-order chi connectivity index (χ0) is 19.6. The Morgan fingerprint density at radius 1 is 0.846 bits per heavy atom. The van der Waals surface area contributed by atoms with Gasteiger partial charge in [0.25, 0.3) is 0 Å². The topological polar surface area (TPSA) is 92.7 Å². The van der Waals surface area contributed by atoms with E-state index in [4.69, 9.17) is 5.11 Å². The Hall–Kier alpha value is -1.59. The summed E-state index contributed by atoms with van der Waals surface area (Å²) in [6, 6.07) is -1.11. The summed E-state index contributed by atoms with van der Waals surface area (Å²) >= 11 is 0. The van der Waals surface area contributed by atoms with E-state index in [1.807, 2.05) is 0 Å². The smallest absolute Gasteiger partial charge is 0.328 e. The van der Waals surface area contributed by atoms with Crippen LogP contribution in [0.2, 0.25) is 0 Å². The highest BCUT2D eigenvalue weighted by Gasteiger charge is 2.24. The number of ether oxygens (including phenoxy) is 1. The highest BCUT2D eigenvalue weighted by Crippen LogP contribution is 2.12. The van der Waals surface area contributed by atoms with Crippen molar-refractivity contribution in [3.8, 4) is 0 Å². The van der Waals surface area contributed by atoms with Crippen LogP contribution in [0.25, 0.3) is 0 Å². The summed E-state index contributed by atoms with van der Waals surface area (Å²) in [4.78, 5) is 34.0. The van der Waals surface area contributed by atoms with Crippen molar-refractivity contribution in [2.75, 3.05) is 7.11 Å². The predicted octanol–water partition coefficient (Wildman–Crippen LogP) is 4.21. The maximum atomic E-state index is 11.8. The Labute approximate surface area is 158 Å². The van der Waals surface area contributed by atoms with Crippen LogP contribution in [0.3, 0.4) is 0 Å². The van der Waals surface area contributed by atoms with Crippen LogP contribution < -0.4 is 5.32 Å². The minimum Gasteiger partial charge on any atom is -0.481 e. The molecule has 2 N–H and O–H groups in total. The summed E-state index contributed by atoms with van der Waals surface area (Å²) in [5.41, 5.74) is 0. The Kier molecular flexibility index (Phi) is 15.8. The number of methoxy groups -OCH3 is 1. The maximum absolute atomic E-state index is 11.8. The number of rotatable bonds is 17. The zero-order valence-corrected chi connectivity index (χ0v) is 16.6. The molecule has 0 aromatic rings. The first-order chi connectivity index (χ1) is 12.5. The summed E-state index contributed by atoms with van der Waals surface area (Å²) in [5.74, 6) is -2.17. The molecule has 0 fully saturated rings. The number of hydrogen-bond donors (Lipinski definition) is 2. The molecule has 26 heavy (non-hydrogen) atoms. The lowest BCUT2D eigenvalue weighted by molar-refractivity contribution is -0.149. The van der Waals surface area contributed by atoms with E-state index in [0.29, 0.717) is 6.42 Å². The molecule has 152 valence electrons. The van der Waals surface area contributed by atoms with Crippen LogP contribution >= 0.6 is 0 Å². The second-order valence-electron chi connectivity index (χ2n) is 6.88. The molecule has 0 heterocycles. The summed E-state index contributed by atoms with van der Waals surface area (Å²) < 4.78 is 4.51. The number of amides is 1. The molecule has 0 aliphatic carbocycles. The first-order valence-electron chi connectivity index (χ1n) is 10.1. The highest BCUT2D eigenvalue weighted by molar-refractivity contribution is 5.87. The number of unbranched alkanes of at least 4 members (excludes halogenated alkanes) is 11. The van der Waals surface area contributed by atoms with Crippen LogP contribution in [-0.2, 0) is 19.1 Å². The molecule has 0 aromatic carbocycles. The first-order valence-corrected chi connectivity index (χ1v) is 10.1.